The molecule has 1 aromatic rings. The smallest absolute Gasteiger partial charge is 0.359 e. The summed E-state index contributed by atoms with van der Waals surface area (Å²) in [6.07, 6.45) is -4.63. The number of nitro groups is 1. The molecule has 1 N–H and O–H groups in total. The van der Waals surface area contributed by atoms with Crippen molar-refractivity contribution >= 4 is 17.4 Å². The van der Waals surface area contributed by atoms with Gasteiger partial charge in [-0.15, -0.1) is 0 Å². The lowest BCUT2D eigenvalue weighted by Crippen LogP contribution is -2.36. The summed E-state index contributed by atoms with van der Waals surface area (Å²) in [7, 11) is 0. The van der Waals surface area contributed by atoms with Crippen molar-refractivity contribution in [3.8, 4) is 0 Å². The summed E-state index contributed by atoms with van der Waals surface area (Å²) in [5, 5.41) is 18.0. The van der Waals surface area contributed by atoms with E-state index in [1.165, 1.54) is 11.6 Å². The van der Waals surface area contributed by atoms with E-state index in [-0.39, 0.29) is 30.2 Å². The fourth-order valence-electron chi connectivity index (χ4n) is 2.59. The molecule has 128 valence electrons. The zero-order valence-corrected chi connectivity index (χ0v) is 12.6. The van der Waals surface area contributed by atoms with Gasteiger partial charge in [-0.2, -0.15) is 18.3 Å². The van der Waals surface area contributed by atoms with Crippen LogP contribution in [-0.4, -0.2) is 50.8 Å². The SMILES string of the molecule is CCn1nc(C)c([N+](=O)[O-])c1NC1CC(=O)N(CC(F)(F)F)C1. The van der Waals surface area contributed by atoms with Gasteiger partial charge in [0.15, 0.2) is 0 Å². The lowest BCUT2D eigenvalue weighted by Gasteiger charge is -2.19. The molecule has 1 atom stereocenters. The molecule has 1 saturated heterocycles. The van der Waals surface area contributed by atoms with Gasteiger partial charge < -0.3 is 10.2 Å². The summed E-state index contributed by atoms with van der Waals surface area (Å²) < 4.78 is 38.6. The molecule has 1 aromatic heterocycles. The van der Waals surface area contributed by atoms with E-state index < -0.39 is 29.6 Å². The first kappa shape index (κ1) is 17.0. The van der Waals surface area contributed by atoms with Gasteiger partial charge in [-0.1, -0.05) is 0 Å². The minimum absolute atomic E-state index is 0.113. The number of aromatic nitrogens is 2. The molecular weight excluding hydrogens is 319 g/mol. The molecule has 2 heterocycles. The van der Waals surface area contributed by atoms with Gasteiger partial charge in [-0.25, -0.2) is 4.68 Å². The van der Waals surface area contributed by atoms with Gasteiger partial charge in [0, 0.05) is 19.5 Å². The van der Waals surface area contributed by atoms with Crippen LogP contribution in [0.25, 0.3) is 0 Å². The van der Waals surface area contributed by atoms with Crippen LogP contribution in [0.3, 0.4) is 0 Å². The van der Waals surface area contributed by atoms with Crippen LogP contribution < -0.4 is 5.32 Å². The largest absolute Gasteiger partial charge is 0.406 e. The molecule has 8 nitrogen and oxygen atoms in total. The topological polar surface area (TPSA) is 93.3 Å². The quantitative estimate of drug-likeness (QED) is 0.653. The highest BCUT2D eigenvalue weighted by Crippen LogP contribution is 2.30. The zero-order valence-electron chi connectivity index (χ0n) is 12.6. The summed E-state index contributed by atoms with van der Waals surface area (Å²) in [5.74, 6) is -0.525. The Kier molecular flexibility index (Phi) is 4.48. The fourth-order valence-corrected chi connectivity index (χ4v) is 2.59. The van der Waals surface area contributed by atoms with E-state index in [4.69, 9.17) is 0 Å². The predicted molar refractivity (Wildman–Crippen MR) is 74.0 cm³/mol. The number of likely N-dealkylation sites (tertiary alicyclic amines) is 1. The average Bonchev–Trinajstić information content (AvgIpc) is 2.88. The first-order chi connectivity index (χ1) is 10.6. The van der Waals surface area contributed by atoms with Crippen LogP contribution in [0.2, 0.25) is 0 Å². The van der Waals surface area contributed by atoms with Crippen LogP contribution in [0, 0.1) is 17.0 Å². The maximum atomic E-state index is 12.4. The summed E-state index contributed by atoms with van der Waals surface area (Å²) >= 11 is 0. The number of aryl methyl sites for hydroxylation is 2. The lowest BCUT2D eigenvalue weighted by atomic mass is 10.2. The predicted octanol–water partition coefficient (Wildman–Crippen LogP) is 1.69. The number of amides is 1. The van der Waals surface area contributed by atoms with Crippen molar-refractivity contribution in [2.75, 3.05) is 18.4 Å². The van der Waals surface area contributed by atoms with Gasteiger partial charge in [0.2, 0.25) is 11.7 Å². The van der Waals surface area contributed by atoms with Crippen LogP contribution >= 0.6 is 0 Å². The summed E-state index contributed by atoms with van der Waals surface area (Å²) in [4.78, 5) is 22.9. The Labute approximate surface area is 129 Å². The van der Waals surface area contributed by atoms with E-state index in [9.17, 15) is 28.1 Å². The number of hydrogen-bond acceptors (Lipinski definition) is 5. The lowest BCUT2D eigenvalue weighted by molar-refractivity contribution is -0.384. The molecule has 1 fully saturated rings. The molecule has 11 heteroatoms. The number of anilines is 1. The Morgan fingerprint density at radius 1 is 1.48 bits per heavy atom. The highest BCUT2D eigenvalue weighted by atomic mass is 19.4. The number of rotatable bonds is 5. The Balaban J connectivity index is 2.18. The van der Waals surface area contributed by atoms with Crippen molar-refractivity contribution in [3.05, 3.63) is 15.8 Å². The van der Waals surface area contributed by atoms with Crippen LogP contribution in [0.5, 0.6) is 0 Å². The zero-order chi connectivity index (χ0) is 17.4. The minimum Gasteiger partial charge on any atom is -0.359 e. The molecule has 0 radical (unpaired) electrons. The molecular formula is C12H16F3N5O3. The van der Waals surface area contributed by atoms with Crippen molar-refractivity contribution in [1.29, 1.82) is 0 Å². The summed E-state index contributed by atoms with van der Waals surface area (Å²) in [6, 6.07) is -0.634. The first-order valence-electron chi connectivity index (χ1n) is 6.95. The van der Waals surface area contributed by atoms with E-state index in [2.05, 4.69) is 10.4 Å². The second-order valence-corrected chi connectivity index (χ2v) is 5.29. The number of carbonyl (C=O) groups excluding carboxylic acids is 1. The van der Waals surface area contributed by atoms with E-state index >= 15 is 0 Å². The highest BCUT2D eigenvalue weighted by Gasteiger charge is 2.39. The third-order valence-corrected chi connectivity index (χ3v) is 3.50. The molecule has 1 aliphatic heterocycles. The van der Waals surface area contributed by atoms with Crippen molar-refractivity contribution in [2.45, 2.75) is 39.0 Å². The molecule has 0 aromatic carbocycles. The number of carbonyl (C=O) groups is 1. The normalized spacial score (nSPS) is 18.6. The van der Waals surface area contributed by atoms with Gasteiger partial charge in [-0.3, -0.25) is 14.9 Å². The van der Waals surface area contributed by atoms with Crippen LogP contribution in [0.1, 0.15) is 19.0 Å². The molecule has 2 rings (SSSR count). The van der Waals surface area contributed by atoms with Crippen LogP contribution in [0.15, 0.2) is 0 Å². The second-order valence-electron chi connectivity index (χ2n) is 5.29. The van der Waals surface area contributed by atoms with Crippen molar-refractivity contribution < 1.29 is 22.9 Å². The second kappa shape index (κ2) is 6.05. The number of alkyl halides is 3. The minimum atomic E-state index is -4.47. The van der Waals surface area contributed by atoms with Gasteiger partial charge in [0.25, 0.3) is 0 Å². The monoisotopic (exact) mass is 335 g/mol. The maximum absolute atomic E-state index is 12.4. The highest BCUT2D eigenvalue weighted by molar-refractivity contribution is 5.80. The summed E-state index contributed by atoms with van der Waals surface area (Å²) in [5.41, 5.74) is -0.0237. The molecule has 0 aliphatic carbocycles. The van der Waals surface area contributed by atoms with Crippen molar-refractivity contribution in [3.63, 3.8) is 0 Å². The van der Waals surface area contributed by atoms with Gasteiger partial charge in [0.1, 0.15) is 12.2 Å². The van der Waals surface area contributed by atoms with Gasteiger partial charge in [-0.05, 0) is 13.8 Å². The third-order valence-electron chi connectivity index (χ3n) is 3.50. The standard InChI is InChI=1S/C12H16F3N5O3/c1-3-19-11(10(20(22)23)7(2)17-19)16-8-4-9(21)18(5-8)6-12(13,14)15/h8,16H,3-6H2,1-2H3. The Morgan fingerprint density at radius 3 is 2.65 bits per heavy atom. The Bertz CT molecular complexity index is 628. The average molecular weight is 335 g/mol. The van der Waals surface area contributed by atoms with E-state index in [1.807, 2.05) is 0 Å². The molecule has 0 saturated carbocycles. The van der Waals surface area contributed by atoms with Gasteiger partial charge >= 0.3 is 11.9 Å². The Hall–Kier alpha value is -2.33. The van der Waals surface area contributed by atoms with Crippen molar-refractivity contribution in [2.24, 2.45) is 0 Å². The molecule has 1 unspecified atom stereocenters. The van der Waals surface area contributed by atoms with Crippen LogP contribution in [-0.2, 0) is 11.3 Å². The number of nitrogens with zero attached hydrogens (tertiary/aromatic N) is 4. The molecule has 0 spiro atoms. The molecule has 23 heavy (non-hydrogen) atoms. The van der Waals surface area contributed by atoms with E-state index in [0.717, 1.165) is 0 Å². The molecule has 1 aliphatic rings. The maximum Gasteiger partial charge on any atom is 0.406 e. The fraction of sp³-hybridized carbons (Fsp3) is 0.667. The Morgan fingerprint density at radius 2 is 2.13 bits per heavy atom. The number of hydrogen-bond donors (Lipinski definition) is 1. The van der Waals surface area contributed by atoms with Gasteiger partial charge in [0.05, 0.1) is 11.0 Å². The van der Waals surface area contributed by atoms with Crippen LogP contribution in [0.4, 0.5) is 24.7 Å². The number of halogens is 3. The van der Waals surface area contributed by atoms with E-state index in [1.54, 1.807) is 6.92 Å². The molecule has 1 amide bonds. The molecule has 0 bridgehead atoms. The number of nitrogens with one attached hydrogen (secondary N) is 1. The summed E-state index contributed by atoms with van der Waals surface area (Å²) in [6.45, 7) is 2.08. The third kappa shape index (κ3) is 3.71. The first-order valence-corrected chi connectivity index (χ1v) is 6.95. The van der Waals surface area contributed by atoms with E-state index in [0.29, 0.717) is 11.4 Å². The van der Waals surface area contributed by atoms with Crippen molar-refractivity contribution in [1.82, 2.24) is 14.7 Å².